The normalized spacial score (nSPS) is 11.3. The van der Waals surface area contributed by atoms with Gasteiger partial charge in [-0.3, -0.25) is 0 Å². The van der Waals surface area contributed by atoms with Gasteiger partial charge in [0, 0.05) is 18.6 Å². The summed E-state index contributed by atoms with van der Waals surface area (Å²) < 4.78 is 0. The maximum absolute atomic E-state index is 9.53. The molecule has 1 aromatic rings. The van der Waals surface area contributed by atoms with Gasteiger partial charge in [0.1, 0.15) is 13.1 Å². The van der Waals surface area contributed by atoms with Gasteiger partial charge in [0.05, 0.1) is 31.1 Å². The van der Waals surface area contributed by atoms with Crippen molar-refractivity contribution in [2.24, 2.45) is 0 Å². The van der Waals surface area contributed by atoms with Crippen LogP contribution in [0.25, 0.3) is 0 Å². The molecule has 0 spiro atoms. The number of likely N-dealkylation sites (N-methyl/N-ethyl adjacent to an activating group) is 1. The van der Waals surface area contributed by atoms with Crippen LogP contribution in [0, 0.1) is 0 Å². The molecule has 0 bridgehead atoms. The van der Waals surface area contributed by atoms with Gasteiger partial charge in [-0.1, -0.05) is 30.3 Å². The molecule has 1 atom stereocenters. The van der Waals surface area contributed by atoms with E-state index in [1.54, 1.807) is 4.90 Å². The molecule has 0 saturated heterocycles. The summed E-state index contributed by atoms with van der Waals surface area (Å²) in [6.07, 6.45) is 3.06. The van der Waals surface area contributed by atoms with Crippen LogP contribution in [-0.4, -0.2) is 66.3 Å². The van der Waals surface area contributed by atoms with Gasteiger partial charge in [0.2, 0.25) is 0 Å². The minimum absolute atomic E-state index is 0.447. The Morgan fingerprint density at radius 3 is 1.70 bits per heavy atom. The number of quaternary nitrogens is 2. The molecule has 0 radical (unpaired) electrons. The molecule has 0 saturated carbocycles. The van der Waals surface area contributed by atoms with E-state index in [-0.39, 0.29) is 0 Å². The SMILES string of the molecule is CC[NH+](CC)CC[NH2+]C(C)Cc1ccccc1.O=C([O-])/C=C/C(=O)O.O=C([O-])/C=C/C(=O)O. The lowest BCUT2D eigenvalue weighted by atomic mass is 10.1. The van der Waals surface area contributed by atoms with Crippen molar-refractivity contribution in [2.45, 2.75) is 33.2 Å². The molecule has 0 amide bonds. The van der Waals surface area contributed by atoms with Gasteiger partial charge in [-0.2, -0.15) is 0 Å². The van der Waals surface area contributed by atoms with Crippen LogP contribution >= 0.6 is 0 Å². The summed E-state index contributed by atoms with van der Waals surface area (Å²) in [5.74, 6) is -5.61. The van der Waals surface area contributed by atoms with Crippen molar-refractivity contribution in [3.05, 3.63) is 60.2 Å². The summed E-state index contributed by atoms with van der Waals surface area (Å²) in [6.45, 7) is 11.9. The van der Waals surface area contributed by atoms with Crippen molar-refractivity contribution in [3.63, 3.8) is 0 Å². The number of benzene rings is 1. The third kappa shape index (κ3) is 24.6. The summed E-state index contributed by atoms with van der Waals surface area (Å²) in [5.41, 5.74) is 1.45. The molecule has 33 heavy (non-hydrogen) atoms. The molecule has 0 aliphatic rings. The van der Waals surface area contributed by atoms with Crippen molar-refractivity contribution in [2.75, 3.05) is 26.2 Å². The second kappa shape index (κ2) is 20.4. The van der Waals surface area contributed by atoms with E-state index in [9.17, 15) is 29.4 Å². The maximum Gasteiger partial charge on any atom is 0.328 e. The van der Waals surface area contributed by atoms with Crippen molar-refractivity contribution < 1.29 is 49.8 Å². The number of nitrogens with one attached hydrogen (secondary N) is 1. The zero-order valence-electron chi connectivity index (χ0n) is 19.2. The first-order valence-electron chi connectivity index (χ1n) is 10.5. The highest BCUT2D eigenvalue weighted by Gasteiger charge is 2.08. The molecular formula is C23H34N2O8. The lowest BCUT2D eigenvalue weighted by molar-refractivity contribution is -0.910. The van der Waals surface area contributed by atoms with Crippen LogP contribution < -0.4 is 20.4 Å². The zero-order valence-corrected chi connectivity index (χ0v) is 19.2. The van der Waals surface area contributed by atoms with Gasteiger partial charge >= 0.3 is 11.9 Å². The van der Waals surface area contributed by atoms with E-state index >= 15 is 0 Å². The molecule has 0 fully saturated rings. The van der Waals surface area contributed by atoms with Crippen molar-refractivity contribution >= 4 is 23.9 Å². The second-order valence-corrected chi connectivity index (χ2v) is 6.88. The first-order chi connectivity index (χ1) is 15.5. The fraction of sp³-hybridized carbons (Fsp3) is 0.391. The van der Waals surface area contributed by atoms with Crippen LogP contribution in [0.2, 0.25) is 0 Å². The number of nitrogens with two attached hydrogens (primary N) is 1. The standard InChI is InChI=1S/C15H26N2.2C4H4O4/c1-4-17(5-2)12-11-16-14(3)13-15-9-7-6-8-10-15;2*5-3(6)1-2-4(7)8/h6-10,14,16H,4-5,11-13H2,1-3H3;2*1-2H,(H,5,6)(H,7,8)/b;2*2-1+. The lowest BCUT2D eigenvalue weighted by Crippen LogP contribution is -3.14. The van der Waals surface area contributed by atoms with E-state index in [1.807, 2.05) is 0 Å². The van der Waals surface area contributed by atoms with E-state index in [4.69, 9.17) is 10.2 Å². The zero-order chi connectivity index (χ0) is 25.6. The van der Waals surface area contributed by atoms with Crippen LogP contribution in [0.4, 0.5) is 0 Å². The molecule has 0 aliphatic heterocycles. The first kappa shape index (κ1) is 31.7. The second-order valence-electron chi connectivity index (χ2n) is 6.88. The Kier molecular flexibility index (Phi) is 19.6. The van der Waals surface area contributed by atoms with Crippen LogP contribution in [0.1, 0.15) is 26.3 Å². The summed E-state index contributed by atoms with van der Waals surface area (Å²) >= 11 is 0. The summed E-state index contributed by atoms with van der Waals surface area (Å²) in [6, 6.07) is 11.5. The Labute approximate surface area is 193 Å². The molecule has 1 unspecified atom stereocenters. The van der Waals surface area contributed by atoms with E-state index < -0.39 is 23.9 Å². The van der Waals surface area contributed by atoms with E-state index in [0.29, 0.717) is 30.3 Å². The van der Waals surface area contributed by atoms with Gasteiger partial charge in [-0.25, -0.2) is 9.59 Å². The van der Waals surface area contributed by atoms with Crippen LogP contribution in [-0.2, 0) is 25.6 Å². The van der Waals surface area contributed by atoms with Crippen LogP contribution in [0.3, 0.4) is 0 Å². The highest BCUT2D eigenvalue weighted by molar-refractivity contribution is 5.89. The predicted molar refractivity (Wildman–Crippen MR) is 117 cm³/mol. The number of rotatable bonds is 12. The molecule has 184 valence electrons. The molecule has 0 heterocycles. The van der Waals surface area contributed by atoms with Crippen LogP contribution in [0.5, 0.6) is 0 Å². The number of hydrogen-bond donors (Lipinski definition) is 4. The Hall–Kier alpha value is -3.50. The van der Waals surface area contributed by atoms with Crippen molar-refractivity contribution in [1.29, 1.82) is 0 Å². The van der Waals surface area contributed by atoms with Crippen molar-refractivity contribution in [3.8, 4) is 0 Å². The van der Waals surface area contributed by atoms with Gasteiger partial charge in [0.15, 0.2) is 0 Å². The average Bonchev–Trinajstić information content (AvgIpc) is 2.75. The largest absolute Gasteiger partial charge is 0.545 e. The third-order valence-electron chi connectivity index (χ3n) is 4.19. The lowest BCUT2D eigenvalue weighted by Gasteiger charge is -2.16. The number of aliphatic carboxylic acids is 4. The number of carboxylic acids is 4. The fourth-order valence-electron chi connectivity index (χ4n) is 2.52. The van der Waals surface area contributed by atoms with Gasteiger partial charge in [0.25, 0.3) is 0 Å². The summed E-state index contributed by atoms with van der Waals surface area (Å²) in [4.78, 5) is 39.6. The summed E-state index contributed by atoms with van der Waals surface area (Å²) in [5, 5.41) is 36.9. The molecule has 5 N–H and O–H groups in total. The Morgan fingerprint density at radius 1 is 0.909 bits per heavy atom. The maximum atomic E-state index is 9.53. The molecule has 10 nitrogen and oxygen atoms in total. The van der Waals surface area contributed by atoms with E-state index in [1.165, 1.54) is 38.2 Å². The van der Waals surface area contributed by atoms with Gasteiger partial charge in [-0.15, -0.1) is 0 Å². The number of hydrogen-bond acceptors (Lipinski definition) is 6. The number of carbonyl (C=O) groups is 4. The quantitative estimate of drug-likeness (QED) is 0.234. The number of carboxylic acid groups (broad SMARTS) is 4. The Morgan fingerprint density at radius 2 is 1.36 bits per heavy atom. The molecule has 0 aromatic heterocycles. The topological polar surface area (TPSA) is 176 Å². The minimum Gasteiger partial charge on any atom is -0.545 e. The minimum atomic E-state index is -1.51. The first-order valence-corrected chi connectivity index (χ1v) is 10.5. The Bertz CT molecular complexity index is 693. The number of carbonyl (C=O) groups excluding carboxylic acids is 2. The van der Waals surface area contributed by atoms with E-state index in [0.717, 1.165) is 0 Å². The highest BCUT2D eigenvalue weighted by atomic mass is 16.4. The molecule has 0 aliphatic carbocycles. The Balaban J connectivity index is 0. The highest BCUT2D eigenvalue weighted by Crippen LogP contribution is 2.00. The molecule has 1 aromatic carbocycles. The monoisotopic (exact) mass is 466 g/mol. The van der Waals surface area contributed by atoms with E-state index in [2.05, 4.69) is 56.4 Å². The smallest absolute Gasteiger partial charge is 0.328 e. The van der Waals surface area contributed by atoms with Gasteiger partial charge < -0.3 is 40.2 Å². The summed E-state index contributed by atoms with van der Waals surface area (Å²) in [7, 11) is 0. The van der Waals surface area contributed by atoms with Crippen LogP contribution in [0.15, 0.2) is 54.6 Å². The molecular weight excluding hydrogens is 432 g/mol. The van der Waals surface area contributed by atoms with Crippen molar-refractivity contribution in [1.82, 2.24) is 0 Å². The average molecular weight is 467 g/mol. The molecule has 1 rings (SSSR count). The fourth-order valence-corrected chi connectivity index (χ4v) is 2.52. The third-order valence-corrected chi connectivity index (χ3v) is 4.19. The molecule has 10 heteroatoms. The van der Waals surface area contributed by atoms with Gasteiger partial charge in [-0.05, 0) is 38.5 Å². The predicted octanol–water partition coefficient (Wildman–Crippen LogP) is -3.14.